The van der Waals surface area contributed by atoms with E-state index in [-0.39, 0.29) is 6.04 Å². The van der Waals surface area contributed by atoms with E-state index in [1.807, 2.05) is 30.6 Å². The number of aliphatic imine (C=N–C) groups is 1. The first kappa shape index (κ1) is 15.4. The van der Waals surface area contributed by atoms with E-state index in [9.17, 15) is 0 Å². The second kappa shape index (κ2) is 7.20. The number of hydrogen-bond donors (Lipinski definition) is 1. The van der Waals surface area contributed by atoms with Crippen molar-refractivity contribution in [3.63, 3.8) is 0 Å². The molecule has 4 nitrogen and oxygen atoms in total. The quantitative estimate of drug-likeness (QED) is 0.920. The number of nitrogens with zero attached hydrogens (tertiary/aromatic N) is 2. The van der Waals surface area contributed by atoms with Crippen LogP contribution in [0.5, 0.6) is 0 Å². The van der Waals surface area contributed by atoms with E-state index >= 15 is 0 Å². The summed E-state index contributed by atoms with van der Waals surface area (Å²) >= 11 is 0. The summed E-state index contributed by atoms with van der Waals surface area (Å²) in [5, 5.41) is 3.39. The lowest BCUT2D eigenvalue weighted by Crippen LogP contribution is -2.22. The highest BCUT2D eigenvalue weighted by atomic mass is 16.5. The van der Waals surface area contributed by atoms with Gasteiger partial charge in [0.15, 0.2) is 0 Å². The number of pyridine rings is 1. The Morgan fingerprint density at radius 1 is 1.13 bits per heavy atom. The van der Waals surface area contributed by atoms with Gasteiger partial charge in [-0.1, -0.05) is 29.8 Å². The minimum Gasteiger partial charge on any atom is -0.378 e. The average molecular weight is 307 g/mol. The van der Waals surface area contributed by atoms with Gasteiger partial charge < -0.3 is 10.1 Å². The smallest absolute Gasteiger partial charge is 0.0907 e. The second-order valence-corrected chi connectivity index (χ2v) is 5.73. The maximum Gasteiger partial charge on any atom is 0.0907 e. The largest absolute Gasteiger partial charge is 0.378 e. The zero-order valence-corrected chi connectivity index (χ0v) is 13.5. The van der Waals surface area contributed by atoms with E-state index in [1.165, 1.54) is 16.7 Å². The normalized spacial score (nSPS) is 16.8. The van der Waals surface area contributed by atoms with E-state index < -0.39 is 0 Å². The summed E-state index contributed by atoms with van der Waals surface area (Å²) in [6.45, 7) is 5.21. The van der Waals surface area contributed by atoms with Crippen molar-refractivity contribution in [2.75, 3.05) is 6.61 Å². The van der Waals surface area contributed by atoms with Crippen molar-refractivity contribution in [2.45, 2.75) is 26.5 Å². The maximum atomic E-state index is 5.66. The third kappa shape index (κ3) is 4.05. The third-order valence-corrected chi connectivity index (χ3v) is 3.81. The van der Waals surface area contributed by atoms with Gasteiger partial charge >= 0.3 is 0 Å². The molecular formula is C19H21N3O. The average Bonchev–Trinajstić information content (AvgIpc) is 2.57. The first-order valence-corrected chi connectivity index (χ1v) is 7.76. The molecule has 1 aliphatic rings. The fourth-order valence-corrected chi connectivity index (χ4v) is 2.60. The van der Waals surface area contributed by atoms with Crippen LogP contribution in [0.4, 0.5) is 0 Å². The molecule has 1 aromatic heterocycles. The number of rotatable bonds is 5. The first-order chi connectivity index (χ1) is 11.2. The molecule has 1 aliphatic heterocycles. The van der Waals surface area contributed by atoms with Gasteiger partial charge in [0.05, 0.1) is 30.6 Å². The molecule has 118 valence electrons. The number of aryl methyl sites for hydroxylation is 2. The van der Waals surface area contributed by atoms with Crippen molar-refractivity contribution >= 4 is 6.21 Å². The summed E-state index contributed by atoms with van der Waals surface area (Å²) < 4.78 is 5.66. The lowest BCUT2D eigenvalue weighted by molar-refractivity contribution is 0.138. The molecule has 0 saturated heterocycles. The molecule has 0 fully saturated rings. The van der Waals surface area contributed by atoms with Crippen molar-refractivity contribution in [1.82, 2.24) is 10.3 Å². The van der Waals surface area contributed by atoms with Crippen molar-refractivity contribution < 1.29 is 4.74 Å². The van der Waals surface area contributed by atoms with E-state index in [2.05, 4.69) is 47.3 Å². The van der Waals surface area contributed by atoms with Gasteiger partial charge in [0.1, 0.15) is 0 Å². The molecule has 0 aliphatic carbocycles. The van der Waals surface area contributed by atoms with Crippen LogP contribution in [0, 0.1) is 13.8 Å². The predicted octanol–water partition coefficient (Wildman–Crippen LogP) is 3.47. The molecule has 23 heavy (non-hydrogen) atoms. The number of ether oxygens (including phenoxy) is 1. The molecule has 1 aromatic carbocycles. The van der Waals surface area contributed by atoms with Crippen LogP contribution in [0.3, 0.4) is 0 Å². The van der Waals surface area contributed by atoms with Crippen molar-refractivity contribution in [3.05, 3.63) is 76.9 Å². The van der Waals surface area contributed by atoms with Crippen molar-refractivity contribution in [2.24, 2.45) is 4.99 Å². The Morgan fingerprint density at radius 2 is 2.04 bits per heavy atom. The van der Waals surface area contributed by atoms with Gasteiger partial charge in [0, 0.05) is 18.6 Å². The summed E-state index contributed by atoms with van der Waals surface area (Å²) in [4.78, 5) is 8.74. The fourth-order valence-electron chi connectivity index (χ4n) is 2.60. The number of nitrogens with one attached hydrogen (secondary N) is 1. The minimum absolute atomic E-state index is 0.121. The lowest BCUT2D eigenvalue weighted by Gasteiger charge is -2.20. The summed E-state index contributed by atoms with van der Waals surface area (Å²) in [5.41, 5.74) is 5.62. The summed E-state index contributed by atoms with van der Waals surface area (Å²) in [6, 6.07) is 12.4. The molecule has 0 saturated carbocycles. The highest BCUT2D eigenvalue weighted by Crippen LogP contribution is 2.20. The minimum atomic E-state index is 0.121. The van der Waals surface area contributed by atoms with E-state index in [1.54, 1.807) is 6.20 Å². The molecule has 1 unspecified atom stereocenters. The highest BCUT2D eigenvalue weighted by Gasteiger charge is 2.13. The Labute approximate surface area is 136 Å². The second-order valence-electron chi connectivity index (χ2n) is 5.73. The lowest BCUT2D eigenvalue weighted by atomic mass is 9.99. The summed E-state index contributed by atoms with van der Waals surface area (Å²) in [5.74, 6) is 0. The predicted molar refractivity (Wildman–Crippen MR) is 92.3 cm³/mol. The number of aromatic nitrogens is 1. The maximum absolute atomic E-state index is 5.66. The van der Waals surface area contributed by atoms with Gasteiger partial charge in [-0.2, -0.15) is 0 Å². The van der Waals surface area contributed by atoms with Crippen LogP contribution in [0.1, 0.15) is 28.4 Å². The van der Waals surface area contributed by atoms with E-state index in [4.69, 9.17) is 4.74 Å². The fraction of sp³-hybridized carbons (Fsp3) is 0.263. The van der Waals surface area contributed by atoms with Crippen LogP contribution in [-0.4, -0.2) is 17.8 Å². The zero-order valence-electron chi connectivity index (χ0n) is 13.5. The van der Waals surface area contributed by atoms with E-state index in [0.29, 0.717) is 13.2 Å². The van der Waals surface area contributed by atoms with Gasteiger partial charge in [0.25, 0.3) is 0 Å². The summed E-state index contributed by atoms with van der Waals surface area (Å²) in [7, 11) is 0. The molecule has 4 heteroatoms. The van der Waals surface area contributed by atoms with Crippen LogP contribution in [0.2, 0.25) is 0 Å². The molecule has 0 bridgehead atoms. The Morgan fingerprint density at radius 3 is 2.74 bits per heavy atom. The molecular weight excluding hydrogens is 286 g/mol. The van der Waals surface area contributed by atoms with Crippen LogP contribution < -0.4 is 5.32 Å². The standard InChI is InChI=1S/C19H21N3O/c1-14-6-7-18(15(2)9-14)19-11-21-17(10-22-19)13-23-12-16-5-3-4-8-20-16/h3-11,19,22H,12-13H2,1-2H3. The van der Waals surface area contributed by atoms with Gasteiger partial charge in [-0.05, 0) is 37.1 Å². The first-order valence-electron chi connectivity index (χ1n) is 7.76. The zero-order chi connectivity index (χ0) is 16.1. The van der Waals surface area contributed by atoms with Crippen LogP contribution in [-0.2, 0) is 11.3 Å². The SMILES string of the molecule is Cc1ccc(C2C=NC(COCc3ccccn3)=CN2)c(C)c1. The van der Waals surface area contributed by atoms with E-state index in [0.717, 1.165) is 11.4 Å². The van der Waals surface area contributed by atoms with Gasteiger partial charge in [-0.3, -0.25) is 9.98 Å². The van der Waals surface area contributed by atoms with Crippen LogP contribution in [0.15, 0.2) is 59.5 Å². The van der Waals surface area contributed by atoms with Gasteiger partial charge in [-0.25, -0.2) is 0 Å². The molecule has 1 N–H and O–H groups in total. The Bertz CT molecular complexity index is 723. The van der Waals surface area contributed by atoms with Gasteiger partial charge in [-0.15, -0.1) is 0 Å². The molecule has 2 aromatic rings. The Kier molecular flexibility index (Phi) is 4.83. The van der Waals surface area contributed by atoms with Crippen LogP contribution in [0.25, 0.3) is 0 Å². The molecule has 1 atom stereocenters. The molecule has 3 rings (SSSR count). The topological polar surface area (TPSA) is 46.5 Å². The van der Waals surface area contributed by atoms with Gasteiger partial charge in [0.2, 0.25) is 0 Å². The van der Waals surface area contributed by atoms with Crippen molar-refractivity contribution in [1.29, 1.82) is 0 Å². The molecule has 0 radical (unpaired) electrons. The highest BCUT2D eigenvalue weighted by molar-refractivity contribution is 5.70. The summed E-state index contributed by atoms with van der Waals surface area (Å²) in [6.07, 6.45) is 5.65. The van der Waals surface area contributed by atoms with Crippen LogP contribution >= 0.6 is 0 Å². The Hall–Kier alpha value is -2.46. The molecule has 2 heterocycles. The Balaban J connectivity index is 1.53. The van der Waals surface area contributed by atoms with Crippen molar-refractivity contribution in [3.8, 4) is 0 Å². The molecule has 0 amide bonds. The number of benzene rings is 1. The molecule has 0 spiro atoms. The monoisotopic (exact) mass is 307 g/mol. The number of hydrogen-bond acceptors (Lipinski definition) is 4. The third-order valence-electron chi connectivity index (χ3n) is 3.81.